The second-order valence-corrected chi connectivity index (χ2v) is 9.89. The van der Waals surface area contributed by atoms with Gasteiger partial charge in [0.1, 0.15) is 11.2 Å². The molecule has 0 amide bonds. The smallest absolute Gasteiger partial charge is 0.130 e. The molecule has 6 rings (SSSR count). The van der Waals surface area contributed by atoms with Gasteiger partial charge >= 0.3 is 0 Å². The van der Waals surface area contributed by atoms with E-state index >= 15 is 0 Å². The lowest BCUT2D eigenvalue weighted by Gasteiger charge is -2.43. The summed E-state index contributed by atoms with van der Waals surface area (Å²) in [5, 5.41) is 37.9. The van der Waals surface area contributed by atoms with E-state index in [2.05, 4.69) is 0 Å². The van der Waals surface area contributed by atoms with Gasteiger partial charge in [0, 0.05) is 17.8 Å². The zero-order valence-corrected chi connectivity index (χ0v) is 19.0. The van der Waals surface area contributed by atoms with Crippen molar-refractivity contribution < 1.29 is 15.3 Å². The van der Waals surface area contributed by atoms with E-state index in [4.69, 9.17) is 0 Å². The first-order chi connectivity index (χ1) is 16.4. The van der Waals surface area contributed by atoms with Crippen LogP contribution in [0.4, 0.5) is 0 Å². The van der Waals surface area contributed by atoms with Gasteiger partial charge in [0.2, 0.25) is 0 Å². The molecule has 0 saturated heterocycles. The summed E-state index contributed by atoms with van der Waals surface area (Å²) in [6, 6.07) is 36.9. The normalized spacial score (nSPS) is 33.9. The number of hydrogen-bond donors (Lipinski definition) is 3. The van der Waals surface area contributed by atoms with Gasteiger partial charge in [0.25, 0.3) is 0 Å². The van der Waals surface area contributed by atoms with Crippen LogP contribution < -0.4 is 0 Å². The van der Waals surface area contributed by atoms with Gasteiger partial charge in [-0.05, 0) is 34.7 Å². The molecule has 0 heterocycles. The molecule has 170 valence electrons. The zero-order chi connectivity index (χ0) is 23.6. The molecular formula is C31H28O3. The lowest BCUT2D eigenvalue weighted by atomic mass is 9.69. The maximum absolute atomic E-state index is 13.0. The Labute approximate surface area is 200 Å². The molecule has 0 aromatic heterocycles. The molecule has 4 aromatic rings. The second kappa shape index (κ2) is 7.38. The third-order valence-corrected chi connectivity index (χ3v) is 8.25. The van der Waals surface area contributed by atoms with Crippen LogP contribution in [-0.2, 0) is 16.8 Å². The first-order valence-corrected chi connectivity index (χ1v) is 11.8. The van der Waals surface area contributed by atoms with Crippen LogP contribution in [0.25, 0.3) is 0 Å². The Morgan fingerprint density at radius 1 is 0.529 bits per heavy atom. The Kier molecular flexibility index (Phi) is 4.62. The third kappa shape index (κ3) is 2.58. The Hall–Kier alpha value is -3.24. The predicted molar refractivity (Wildman–Crippen MR) is 132 cm³/mol. The van der Waals surface area contributed by atoms with Crippen LogP contribution in [0.15, 0.2) is 115 Å². The lowest BCUT2D eigenvalue weighted by molar-refractivity contribution is -0.187. The molecule has 0 aliphatic heterocycles. The Bertz CT molecular complexity index is 1320. The molecule has 6 atom stereocenters. The summed E-state index contributed by atoms with van der Waals surface area (Å²) < 4.78 is 0. The minimum Gasteiger partial charge on any atom is -0.385 e. The van der Waals surface area contributed by atoms with E-state index in [-0.39, 0.29) is 5.92 Å². The van der Waals surface area contributed by atoms with Crippen molar-refractivity contribution in [2.45, 2.75) is 35.6 Å². The molecule has 0 bridgehead atoms. The number of benzene rings is 4. The fourth-order valence-corrected chi connectivity index (χ4v) is 7.00. The summed E-state index contributed by atoms with van der Waals surface area (Å²) in [5.41, 5.74) is -0.925. The zero-order valence-electron chi connectivity index (χ0n) is 19.0. The van der Waals surface area contributed by atoms with Crippen LogP contribution in [-0.4, -0.2) is 15.3 Å². The number of aliphatic hydroxyl groups is 3. The molecule has 0 spiro atoms. The van der Waals surface area contributed by atoms with Crippen molar-refractivity contribution in [3.63, 3.8) is 0 Å². The van der Waals surface area contributed by atoms with E-state index in [1.165, 1.54) is 0 Å². The van der Waals surface area contributed by atoms with Crippen LogP contribution in [0.1, 0.15) is 46.6 Å². The predicted octanol–water partition coefficient (Wildman–Crippen LogP) is 5.18. The maximum Gasteiger partial charge on any atom is 0.130 e. The standard InChI is InChI=1S/C31H28O3/c1-29(32)24-19-11-12-20-25(24)31(34)28(29)26(21-13-5-2-6-14-21)27(22-15-7-3-8-16-22)30(31,33)23-17-9-4-10-18-23/h2-20,26-28,32-34H,1H3/t26-,27+,28-,29-,30-,31+/m1/s1. The van der Waals surface area contributed by atoms with Crippen molar-refractivity contribution in [1.82, 2.24) is 0 Å². The molecule has 3 N–H and O–H groups in total. The van der Waals surface area contributed by atoms with Gasteiger partial charge in [0.05, 0.1) is 5.60 Å². The Morgan fingerprint density at radius 2 is 1.00 bits per heavy atom. The molecule has 34 heavy (non-hydrogen) atoms. The molecular weight excluding hydrogens is 420 g/mol. The van der Waals surface area contributed by atoms with Gasteiger partial charge in [-0.15, -0.1) is 0 Å². The van der Waals surface area contributed by atoms with Gasteiger partial charge in [0.15, 0.2) is 0 Å². The average Bonchev–Trinajstić information content (AvgIpc) is 3.22. The van der Waals surface area contributed by atoms with E-state index in [0.717, 1.165) is 11.1 Å². The van der Waals surface area contributed by atoms with Crippen molar-refractivity contribution in [2.75, 3.05) is 0 Å². The SMILES string of the molecule is C[C@@]1(O)c2ccccc2[C@]2(O)[C@@H]1[C@H](c1ccccc1)[C@H](c1ccccc1)[C@]2(O)c1ccccc1. The largest absolute Gasteiger partial charge is 0.385 e. The quantitative estimate of drug-likeness (QED) is 0.405. The molecule has 0 radical (unpaired) electrons. The van der Waals surface area contributed by atoms with Crippen molar-refractivity contribution >= 4 is 0 Å². The first kappa shape index (κ1) is 21.3. The van der Waals surface area contributed by atoms with Gasteiger partial charge in [-0.1, -0.05) is 115 Å². The van der Waals surface area contributed by atoms with Gasteiger partial charge in [-0.3, -0.25) is 0 Å². The number of hydrogen-bond acceptors (Lipinski definition) is 3. The molecule has 1 saturated carbocycles. The van der Waals surface area contributed by atoms with Crippen LogP contribution in [0, 0.1) is 5.92 Å². The van der Waals surface area contributed by atoms with Crippen molar-refractivity contribution in [1.29, 1.82) is 0 Å². The minimum absolute atomic E-state index is 0.346. The van der Waals surface area contributed by atoms with Gasteiger partial charge < -0.3 is 15.3 Å². The highest BCUT2D eigenvalue weighted by molar-refractivity contribution is 5.56. The Balaban J connectivity index is 1.75. The highest BCUT2D eigenvalue weighted by atomic mass is 16.4. The summed E-state index contributed by atoms with van der Waals surface area (Å²) in [5.74, 6) is -1.51. The summed E-state index contributed by atoms with van der Waals surface area (Å²) in [6.07, 6.45) is 0. The monoisotopic (exact) mass is 448 g/mol. The van der Waals surface area contributed by atoms with Crippen LogP contribution >= 0.6 is 0 Å². The molecule has 2 aliphatic rings. The molecule has 1 fully saturated rings. The highest BCUT2D eigenvalue weighted by Gasteiger charge is 2.77. The van der Waals surface area contributed by atoms with Crippen molar-refractivity contribution in [3.05, 3.63) is 143 Å². The average molecular weight is 449 g/mol. The fraction of sp³-hybridized carbons (Fsp3) is 0.226. The molecule has 0 unspecified atom stereocenters. The molecule has 3 heteroatoms. The Morgan fingerprint density at radius 3 is 1.59 bits per heavy atom. The minimum atomic E-state index is -1.71. The maximum atomic E-state index is 13.0. The third-order valence-electron chi connectivity index (χ3n) is 8.25. The van der Waals surface area contributed by atoms with E-state index in [0.29, 0.717) is 16.7 Å². The molecule has 3 nitrogen and oxygen atoms in total. The number of fused-ring (bicyclic) bond motifs is 3. The number of rotatable bonds is 3. The second-order valence-electron chi connectivity index (χ2n) is 9.89. The van der Waals surface area contributed by atoms with Crippen LogP contribution in [0.2, 0.25) is 0 Å². The van der Waals surface area contributed by atoms with E-state index < -0.39 is 28.6 Å². The van der Waals surface area contributed by atoms with E-state index in [9.17, 15) is 15.3 Å². The van der Waals surface area contributed by atoms with Crippen molar-refractivity contribution in [2.24, 2.45) is 5.92 Å². The lowest BCUT2D eigenvalue weighted by Crippen LogP contribution is -2.50. The highest BCUT2D eigenvalue weighted by Crippen LogP contribution is 2.74. The fourth-order valence-electron chi connectivity index (χ4n) is 7.00. The molecule has 4 aromatic carbocycles. The van der Waals surface area contributed by atoms with E-state index in [1.807, 2.05) is 115 Å². The summed E-state index contributed by atoms with van der Waals surface area (Å²) in [4.78, 5) is 0. The van der Waals surface area contributed by atoms with Gasteiger partial charge in [-0.25, -0.2) is 0 Å². The summed E-state index contributed by atoms with van der Waals surface area (Å²) >= 11 is 0. The summed E-state index contributed by atoms with van der Waals surface area (Å²) in [7, 11) is 0. The van der Waals surface area contributed by atoms with Crippen LogP contribution in [0.3, 0.4) is 0 Å². The first-order valence-electron chi connectivity index (χ1n) is 11.8. The van der Waals surface area contributed by atoms with Crippen molar-refractivity contribution in [3.8, 4) is 0 Å². The van der Waals surface area contributed by atoms with Gasteiger partial charge in [-0.2, -0.15) is 0 Å². The van der Waals surface area contributed by atoms with E-state index in [1.54, 1.807) is 6.92 Å². The summed E-state index contributed by atoms with van der Waals surface area (Å²) in [6.45, 7) is 1.78. The van der Waals surface area contributed by atoms with Crippen LogP contribution in [0.5, 0.6) is 0 Å². The topological polar surface area (TPSA) is 60.7 Å². The molecule has 2 aliphatic carbocycles.